The Hall–Kier alpha value is -3.26. The Labute approximate surface area is 153 Å². The first-order valence-corrected chi connectivity index (χ1v) is 8.97. The first-order valence-electron chi connectivity index (χ1n) is 8.03. The van der Waals surface area contributed by atoms with Gasteiger partial charge in [0, 0.05) is 41.9 Å². The van der Waals surface area contributed by atoms with Gasteiger partial charge in [0.1, 0.15) is 0 Å². The van der Waals surface area contributed by atoms with E-state index in [0.29, 0.717) is 23.9 Å². The molecule has 0 aliphatic rings. The van der Waals surface area contributed by atoms with Gasteiger partial charge in [-0.25, -0.2) is 4.68 Å². The summed E-state index contributed by atoms with van der Waals surface area (Å²) in [4.78, 5) is 12.2. The molecule has 0 unspecified atom stereocenters. The molecule has 0 fully saturated rings. The summed E-state index contributed by atoms with van der Waals surface area (Å²) in [5.74, 6) is 0.818. The Morgan fingerprint density at radius 1 is 1.23 bits per heavy atom. The number of aromatic nitrogens is 4. The lowest BCUT2D eigenvalue weighted by molar-refractivity contribution is -0.116. The number of anilines is 1. The predicted molar refractivity (Wildman–Crippen MR) is 98.1 cm³/mol. The summed E-state index contributed by atoms with van der Waals surface area (Å²) in [6.45, 7) is 0. The van der Waals surface area contributed by atoms with E-state index in [4.69, 9.17) is 4.42 Å². The summed E-state index contributed by atoms with van der Waals surface area (Å²) >= 11 is 1.57. The topological polar surface area (TPSA) is 85.8 Å². The van der Waals surface area contributed by atoms with Crippen LogP contribution in [0.15, 0.2) is 64.0 Å². The molecule has 1 aromatic carbocycles. The van der Waals surface area contributed by atoms with Crippen molar-refractivity contribution < 1.29 is 9.21 Å². The number of carbonyl (C=O) groups is 1. The van der Waals surface area contributed by atoms with Crippen molar-refractivity contribution in [2.75, 3.05) is 5.32 Å². The summed E-state index contributed by atoms with van der Waals surface area (Å²) < 4.78 is 7.33. The first kappa shape index (κ1) is 16.2. The van der Waals surface area contributed by atoms with Crippen molar-refractivity contribution in [1.82, 2.24) is 20.0 Å². The van der Waals surface area contributed by atoms with Crippen LogP contribution in [0.4, 0.5) is 5.69 Å². The Morgan fingerprint density at radius 2 is 2.19 bits per heavy atom. The highest BCUT2D eigenvalue weighted by atomic mass is 32.1. The van der Waals surface area contributed by atoms with Gasteiger partial charge in [0.25, 0.3) is 0 Å². The van der Waals surface area contributed by atoms with E-state index in [1.54, 1.807) is 22.2 Å². The second kappa shape index (κ2) is 7.32. The largest absolute Gasteiger partial charge is 0.421 e. The molecule has 0 radical (unpaired) electrons. The second-order valence-electron chi connectivity index (χ2n) is 5.56. The van der Waals surface area contributed by atoms with Gasteiger partial charge in [-0.1, -0.05) is 6.07 Å². The zero-order valence-electron chi connectivity index (χ0n) is 13.7. The Bertz CT molecular complexity index is 992. The minimum absolute atomic E-state index is 0.113. The number of rotatable bonds is 6. The SMILES string of the molecule is O=C(CCc1nnc(-c2ccsc2)o1)Nc1cccc(-n2cccn2)c1. The van der Waals surface area contributed by atoms with Crippen LogP contribution in [-0.2, 0) is 11.2 Å². The van der Waals surface area contributed by atoms with Gasteiger partial charge in [0.15, 0.2) is 0 Å². The zero-order valence-corrected chi connectivity index (χ0v) is 14.5. The monoisotopic (exact) mass is 365 g/mol. The Balaban J connectivity index is 1.35. The number of thiophene rings is 1. The highest BCUT2D eigenvalue weighted by Gasteiger charge is 2.11. The number of nitrogens with zero attached hydrogens (tertiary/aromatic N) is 4. The number of nitrogens with one attached hydrogen (secondary N) is 1. The molecular weight excluding hydrogens is 350 g/mol. The molecule has 0 saturated heterocycles. The van der Waals surface area contributed by atoms with Crippen LogP contribution in [0.3, 0.4) is 0 Å². The third-order valence-corrected chi connectivity index (χ3v) is 4.38. The lowest BCUT2D eigenvalue weighted by atomic mass is 10.2. The van der Waals surface area contributed by atoms with Crippen LogP contribution in [-0.4, -0.2) is 25.9 Å². The van der Waals surface area contributed by atoms with E-state index >= 15 is 0 Å². The normalized spacial score (nSPS) is 10.8. The third-order valence-electron chi connectivity index (χ3n) is 3.70. The van der Waals surface area contributed by atoms with Crippen LogP contribution in [0, 0.1) is 0 Å². The van der Waals surface area contributed by atoms with Gasteiger partial charge in [0.05, 0.1) is 5.69 Å². The van der Waals surface area contributed by atoms with Crippen LogP contribution < -0.4 is 5.32 Å². The molecule has 0 spiro atoms. The summed E-state index contributed by atoms with van der Waals surface area (Å²) in [7, 11) is 0. The zero-order chi connectivity index (χ0) is 17.8. The van der Waals surface area contributed by atoms with Crippen molar-refractivity contribution >= 4 is 22.9 Å². The lowest BCUT2D eigenvalue weighted by Gasteiger charge is -2.07. The molecule has 0 atom stereocenters. The second-order valence-corrected chi connectivity index (χ2v) is 6.34. The number of hydrogen-bond acceptors (Lipinski definition) is 6. The molecule has 8 heteroatoms. The van der Waals surface area contributed by atoms with Gasteiger partial charge in [-0.2, -0.15) is 16.4 Å². The van der Waals surface area contributed by atoms with Crippen molar-refractivity contribution in [2.45, 2.75) is 12.8 Å². The average Bonchev–Trinajstić information content (AvgIpc) is 3.42. The van der Waals surface area contributed by atoms with E-state index in [-0.39, 0.29) is 12.3 Å². The molecule has 4 aromatic rings. The van der Waals surface area contributed by atoms with Gasteiger partial charge in [-0.3, -0.25) is 4.79 Å². The number of hydrogen-bond donors (Lipinski definition) is 1. The molecule has 1 amide bonds. The lowest BCUT2D eigenvalue weighted by Crippen LogP contribution is -2.12. The van der Waals surface area contributed by atoms with Crippen LogP contribution in [0.1, 0.15) is 12.3 Å². The molecule has 0 bridgehead atoms. The molecule has 4 rings (SSSR count). The fraction of sp³-hybridized carbons (Fsp3) is 0.111. The van der Waals surface area contributed by atoms with Crippen molar-refractivity contribution in [1.29, 1.82) is 0 Å². The third kappa shape index (κ3) is 3.70. The van der Waals surface area contributed by atoms with Crippen molar-refractivity contribution in [3.05, 3.63) is 65.4 Å². The number of aryl methyl sites for hydroxylation is 1. The molecule has 130 valence electrons. The van der Waals surface area contributed by atoms with E-state index in [9.17, 15) is 4.79 Å². The highest BCUT2D eigenvalue weighted by molar-refractivity contribution is 7.08. The van der Waals surface area contributed by atoms with Gasteiger partial charge >= 0.3 is 0 Å². The van der Waals surface area contributed by atoms with E-state index < -0.39 is 0 Å². The van der Waals surface area contributed by atoms with E-state index in [0.717, 1.165) is 11.3 Å². The van der Waals surface area contributed by atoms with Gasteiger partial charge in [0.2, 0.25) is 17.7 Å². The maximum absolute atomic E-state index is 12.2. The highest BCUT2D eigenvalue weighted by Crippen LogP contribution is 2.21. The van der Waals surface area contributed by atoms with E-state index in [1.165, 1.54) is 0 Å². The van der Waals surface area contributed by atoms with Crippen LogP contribution in [0.25, 0.3) is 17.1 Å². The van der Waals surface area contributed by atoms with Crippen LogP contribution in [0.5, 0.6) is 0 Å². The molecule has 0 aliphatic heterocycles. The van der Waals surface area contributed by atoms with Crippen molar-refractivity contribution in [3.8, 4) is 17.1 Å². The van der Waals surface area contributed by atoms with Crippen LogP contribution >= 0.6 is 11.3 Å². The molecule has 7 nitrogen and oxygen atoms in total. The molecule has 3 aromatic heterocycles. The van der Waals surface area contributed by atoms with Gasteiger partial charge in [-0.15, -0.1) is 10.2 Å². The molecular formula is C18H15N5O2S. The number of carbonyl (C=O) groups excluding carboxylic acids is 1. The summed E-state index contributed by atoms with van der Waals surface area (Å²) in [5, 5.41) is 19.0. The van der Waals surface area contributed by atoms with Gasteiger partial charge < -0.3 is 9.73 Å². The molecule has 3 heterocycles. The minimum atomic E-state index is -0.113. The fourth-order valence-electron chi connectivity index (χ4n) is 2.45. The summed E-state index contributed by atoms with van der Waals surface area (Å²) in [6, 6.07) is 11.3. The van der Waals surface area contributed by atoms with E-state index in [1.807, 2.05) is 53.4 Å². The standard InChI is InChI=1S/C18H15N5O2S/c24-16(5-6-17-21-22-18(25-17)13-7-10-26-12-13)20-14-3-1-4-15(11-14)23-9-2-8-19-23/h1-4,7-12H,5-6H2,(H,20,24). The predicted octanol–water partition coefficient (Wildman–Crippen LogP) is 3.56. The molecule has 1 N–H and O–H groups in total. The minimum Gasteiger partial charge on any atom is -0.421 e. The molecule has 0 aliphatic carbocycles. The summed E-state index contributed by atoms with van der Waals surface area (Å²) in [6.07, 6.45) is 4.21. The number of amides is 1. The number of benzene rings is 1. The van der Waals surface area contributed by atoms with Crippen LogP contribution in [0.2, 0.25) is 0 Å². The summed E-state index contributed by atoms with van der Waals surface area (Å²) in [5.41, 5.74) is 2.49. The fourth-order valence-corrected chi connectivity index (χ4v) is 3.08. The molecule has 26 heavy (non-hydrogen) atoms. The average molecular weight is 365 g/mol. The van der Waals surface area contributed by atoms with E-state index in [2.05, 4.69) is 20.6 Å². The molecule has 0 saturated carbocycles. The van der Waals surface area contributed by atoms with Crippen molar-refractivity contribution in [3.63, 3.8) is 0 Å². The van der Waals surface area contributed by atoms with Gasteiger partial charge in [-0.05, 0) is 35.7 Å². The Morgan fingerprint density at radius 3 is 3.00 bits per heavy atom. The Kier molecular flexibility index (Phi) is 4.57. The first-order chi connectivity index (χ1) is 12.8. The maximum atomic E-state index is 12.2. The quantitative estimate of drug-likeness (QED) is 0.565. The van der Waals surface area contributed by atoms with Crippen molar-refractivity contribution in [2.24, 2.45) is 0 Å². The maximum Gasteiger partial charge on any atom is 0.248 e. The smallest absolute Gasteiger partial charge is 0.248 e.